The van der Waals surface area contributed by atoms with E-state index in [2.05, 4.69) is 17.5 Å². The van der Waals surface area contributed by atoms with Gasteiger partial charge in [0.2, 0.25) is 0 Å². The molecule has 0 radical (unpaired) electrons. The summed E-state index contributed by atoms with van der Waals surface area (Å²) in [6, 6.07) is 5.44. The molecule has 5 heteroatoms. The van der Waals surface area contributed by atoms with E-state index in [9.17, 15) is 4.79 Å². The zero-order valence-corrected chi connectivity index (χ0v) is 10.9. The van der Waals surface area contributed by atoms with Crippen molar-refractivity contribution in [2.45, 2.75) is 19.8 Å². The van der Waals surface area contributed by atoms with Gasteiger partial charge in [0.25, 0.3) is 5.91 Å². The molecular weight excluding hydrogens is 248 g/mol. The van der Waals surface area contributed by atoms with Gasteiger partial charge in [0, 0.05) is 10.3 Å². The molecule has 4 nitrogen and oxygen atoms in total. The minimum absolute atomic E-state index is 0.198. The van der Waals surface area contributed by atoms with Crippen LogP contribution in [0.4, 0.5) is 0 Å². The number of thiophene rings is 1. The molecule has 0 saturated heterocycles. The standard InChI is InChI=1S/C13H14N2O2S/c1-2-4-12-7-10(9-18-12)13(16)15-14-8-11-5-3-6-17-11/h3,5-9H,2,4H2,1H3,(H,15,16)/b14-8-. The van der Waals surface area contributed by atoms with Crippen molar-refractivity contribution in [1.82, 2.24) is 5.43 Å². The second-order valence-electron chi connectivity index (χ2n) is 3.77. The van der Waals surface area contributed by atoms with Crippen LogP contribution in [0.3, 0.4) is 0 Å². The van der Waals surface area contributed by atoms with Crippen LogP contribution in [0.25, 0.3) is 0 Å². The molecule has 0 bridgehead atoms. The molecule has 0 fully saturated rings. The number of aryl methyl sites for hydroxylation is 1. The van der Waals surface area contributed by atoms with Crippen molar-refractivity contribution in [3.8, 4) is 0 Å². The summed E-state index contributed by atoms with van der Waals surface area (Å²) in [5.41, 5.74) is 3.12. The van der Waals surface area contributed by atoms with E-state index < -0.39 is 0 Å². The summed E-state index contributed by atoms with van der Waals surface area (Å²) in [7, 11) is 0. The van der Waals surface area contributed by atoms with Crippen LogP contribution >= 0.6 is 11.3 Å². The molecule has 0 atom stereocenters. The van der Waals surface area contributed by atoms with E-state index in [1.54, 1.807) is 29.7 Å². The average Bonchev–Trinajstić information content (AvgIpc) is 3.00. The molecule has 2 aromatic heterocycles. The Morgan fingerprint density at radius 2 is 2.50 bits per heavy atom. The highest BCUT2D eigenvalue weighted by atomic mass is 32.1. The van der Waals surface area contributed by atoms with Crippen molar-refractivity contribution in [3.05, 3.63) is 46.0 Å². The summed E-state index contributed by atoms with van der Waals surface area (Å²) < 4.78 is 5.06. The fourth-order valence-corrected chi connectivity index (χ4v) is 2.43. The lowest BCUT2D eigenvalue weighted by Gasteiger charge is -1.94. The minimum Gasteiger partial charge on any atom is -0.463 e. The molecule has 0 spiro atoms. The number of nitrogens with one attached hydrogen (secondary N) is 1. The highest BCUT2D eigenvalue weighted by molar-refractivity contribution is 7.10. The molecule has 0 aliphatic heterocycles. The van der Waals surface area contributed by atoms with Crippen molar-refractivity contribution >= 4 is 23.5 Å². The van der Waals surface area contributed by atoms with E-state index >= 15 is 0 Å². The van der Waals surface area contributed by atoms with Gasteiger partial charge in [0.1, 0.15) is 5.76 Å². The van der Waals surface area contributed by atoms with Crippen LogP contribution in [0.15, 0.2) is 39.4 Å². The fraction of sp³-hybridized carbons (Fsp3) is 0.231. The molecule has 0 aromatic carbocycles. The Hall–Kier alpha value is -1.88. The Morgan fingerprint density at radius 1 is 1.61 bits per heavy atom. The molecule has 0 aliphatic rings. The van der Waals surface area contributed by atoms with Crippen molar-refractivity contribution in [3.63, 3.8) is 0 Å². The van der Waals surface area contributed by atoms with Crippen molar-refractivity contribution in [2.24, 2.45) is 5.10 Å². The van der Waals surface area contributed by atoms with Gasteiger partial charge in [-0.1, -0.05) is 13.3 Å². The second-order valence-corrected chi connectivity index (χ2v) is 4.76. The lowest BCUT2D eigenvalue weighted by Crippen LogP contribution is -2.16. The van der Waals surface area contributed by atoms with Gasteiger partial charge in [-0.25, -0.2) is 5.43 Å². The molecule has 2 heterocycles. The maximum absolute atomic E-state index is 11.7. The predicted octanol–water partition coefficient (Wildman–Crippen LogP) is 3.06. The number of furan rings is 1. The molecule has 18 heavy (non-hydrogen) atoms. The molecule has 1 N–H and O–H groups in total. The van der Waals surface area contributed by atoms with Gasteiger partial charge in [-0.15, -0.1) is 11.3 Å². The SMILES string of the molecule is CCCc1cc(C(=O)N/N=C\c2ccco2)cs1. The van der Waals surface area contributed by atoms with Gasteiger partial charge in [-0.05, 0) is 24.6 Å². The molecule has 2 rings (SSSR count). The van der Waals surface area contributed by atoms with E-state index in [1.165, 1.54) is 11.1 Å². The summed E-state index contributed by atoms with van der Waals surface area (Å²) in [5, 5.41) is 5.68. The van der Waals surface area contributed by atoms with Crippen molar-refractivity contribution in [2.75, 3.05) is 0 Å². The van der Waals surface area contributed by atoms with Crippen LogP contribution in [0.2, 0.25) is 0 Å². The molecule has 0 saturated carbocycles. The first-order valence-electron chi connectivity index (χ1n) is 5.74. The Balaban J connectivity index is 1.91. The van der Waals surface area contributed by atoms with Crippen LogP contribution in [-0.2, 0) is 6.42 Å². The topological polar surface area (TPSA) is 54.6 Å². The third-order valence-corrected chi connectivity index (χ3v) is 3.31. The first-order valence-corrected chi connectivity index (χ1v) is 6.62. The van der Waals surface area contributed by atoms with Gasteiger partial charge in [0.15, 0.2) is 0 Å². The molecular formula is C13H14N2O2S. The summed E-state index contributed by atoms with van der Waals surface area (Å²) in [4.78, 5) is 13.0. The fourth-order valence-electron chi connectivity index (χ4n) is 1.46. The van der Waals surface area contributed by atoms with Crippen LogP contribution < -0.4 is 5.43 Å². The Morgan fingerprint density at radius 3 is 3.22 bits per heavy atom. The normalized spacial score (nSPS) is 10.9. The first kappa shape index (κ1) is 12.6. The lowest BCUT2D eigenvalue weighted by atomic mass is 10.2. The van der Waals surface area contributed by atoms with Gasteiger partial charge in [0.05, 0.1) is 18.0 Å². The van der Waals surface area contributed by atoms with Crippen molar-refractivity contribution < 1.29 is 9.21 Å². The molecule has 1 amide bonds. The number of nitrogens with zero attached hydrogens (tertiary/aromatic N) is 1. The summed E-state index contributed by atoms with van der Waals surface area (Å²) in [6.07, 6.45) is 5.11. The molecule has 94 valence electrons. The number of hydrogen-bond donors (Lipinski definition) is 1. The van der Waals surface area contributed by atoms with Crippen molar-refractivity contribution in [1.29, 1.82) is 0 Å². The maximum atomic E-state index is 11.7. The predicted molar refractivity (Wildman–Crippen MR) is 72.1 cm³/mol. The Labute approximate surface area is 109 Å². The highest BCUT2D eigenvalue weighted by Gasteiger charge is 2.07. The monoisotopic (exact) mass is 262 g/mol. The molecule has 2 aromatic rings. The molecule has 0 aliphatic carbocycles. The zero-order chi connectivity index (χ0) is 12.8. The van der Waals surface area contributed by atoms with Crippen LogP contribution in [-0.4, -0.2) is 12.1 Å². The number of hydrazone groups is 1. The third kappa shape index (κ3) is 3.30. The number of rotatable bonds is 5. The van der Waals surface area contributed by atoms with E-state index in [4.69, 9.17) is 4.42 Å². The maximum Gasteiger partial charge on any atom is 0.272 e. The van der Waals surface area contributed by atoms with E-state index in [0.29, 0.717) is 11.3 Å². The minimum atomic E-state index is -0.198. The number of carbonyl (C=O) groups is 1. The number of hydrogen-bond acceptors (Lipinski definition) is 4. The first-order chi connectivity index (χ1) is 8.79. The van der Waals surface area contributed by atoms with Gasteiger partial charge in [-0.2, -0.15) is 5.10 Å². The van der Waals surface area contributed by atoms with Crippen LogP contribution in [0, 0.1) is 0 Å². The third-order valence-electron chi connectivity index (χ3n) is 2.31. The van der Waals surface area contributed by atoms with E-state index in [0.717, 1.165) is 12.8 Å². The second kappa shape index (κ2) is 6.16. The largest absolute Gasteiger partial charge is 0.463 e. The lowest BCUT2D eigenvalue weighted by molar-refractivity contribution is 0.0955. The highest BCUT2D eigenvalue weighted by Crippen LogP contribution is 2.16. The smallest absolute Gasteiger partial charge is 0.272 e. The van der Waals surface area contributed by atoms with Gasteiger partial charge in [-0.3, -0.25) is 4.79 Å². The number of carbonyl (C=O) groups excluding carboxylic acids is 1. The summed E-state index contributed by atoms with van der Waals surface area (Å²) in [5.74, 6) is 0.406. The van der Waals surface area contributed by atoms with Gasteiger partial charge >= 0.3 is 0 Å². The number of amides is 1. The van der Waals surface area contributed by atoms with E-state index in [-0.39, 0.29) is 5.91 Å². The van der Waals surface area contributed by atoms with E-state index in [1.807, 2.05) is 11.4 Å². The quantitative estimate of drug-likeness (QED) is 0.665. The summed E-state index contributed by atoms with van der Waals surface area (Å²) in [6.45, 7) is 2.12. The Bertz CT molecular complexity index is 529. The summed E-state index contributed by atoms with van der Waals surface area (Å²) >= 11 is 1.60. The average molecular weight is 262 g/mol. The zero-order valence-electron chi connectivity index (χ0n) is 10.1. The molecule has 0 unspecified atom stereocenters. The van der Waals surface area contributed by atoms with Crippen LogP contribution in [0.1, 0.15) is 34.3 Å². The van der Waals surface area contributed by atoms with Crippen LogP contribution in [0.5, 0.6) is 0 Å². The Kier molecular flexibility index (Phi) is 4.30. The van der Waals surface area contributed by atoms with Gasteiger partial charge < -0.3 is 4.42 Å².